The Hall–Kier alpha value is -1.68. The summed E-state index contributed by atoms with van der Waals surface area (Å²) in [7, 11) is 0. The minimum Gasteiger partial charge on any atom is -0.283 e. The summed E-state index contributed by atoms with van der Waals surface area (Å²) in [4.78, 5) is 8.63. The van der Waals surface area contributed by atoms with Gasteiger partial charge in [0.1, 0.15) is 11.8 Å². The lowest BCUT2D eigenvalue weighted by molar-refractivity contribution is 1.07. The maximum Gasteiger partial charge on any atom is 0.164 e. The summed E-state index contributed by atoms with van der Waals surface area (Å²) < 4.78 is 3.04. The molecular weight excluding hydrogens is 266 g/mol. The highest BCUT2D eigenvalue weighted by molar-refractivity contribution is 9.10. The summed E-state index contributed by atoms with van der Waals surface area (Å²) in [6.45, 7) is 0. The zero-order valence-electron chi connectivity index (χ0n) is 8.34. The van der Waals surface area contributed by atoms with Crippen molar-refractivity contribution in [1.29, 1.82) is 0 Å². The normalized spacial score (nSPS) is 10.8. The van der Waals surface area contributed by atoms with Crippen LogP contribution in [0.4, 0.5) is 0 Å². The van der Waals surface area contributed by atoms with E-state index in [9.17, 15) is 0 Å². The van der Waals surface area contributed by atoms with Crippen molar-refractivity contribution in [3.8, 4) is 5.69 Å². The van der Waals surface area contributed by atoms with Crippen LogP contribution < -0.4 is 0 Å². The van der Waals surface area contributed by atoms with Crippen LogP contribution in [0.1, 0.15) is 0 Å². The van der Waals surface area contributed by atoms with Crippen molar-refractivity contribution in [3.63, 3.8) is 0 Å². The van der Waals surface area contributed by atoms with Gasteiger partial charge in [0.15, 0.2) is 5.65 Å². The summed E-state index contributed by atoms with van der Waals surface area (Å²) in [6, 6.07) is 11.9. The van der Waals surface area contributed by atoms with Gasteiger partial charge in [0.05, 0.1) is 0 Å². The van der Waals surface area contributed by atoms with Crippen LogP contribution in [0.3, 0.4) is 0 Å². The van der Waals surface area contributed by atoms with E-state index in [4.69, 9.17) is 0 Å². The van der Waals surface area contributed by atoms with Crippen LogP contribution in [0.2, 0.25) is 0 Å². The number of rotatable bonds is 1. The number of fused-ring (bicyclic) bond motifs is 1. The molecule has 0 saturated heterocycles. The maximum atomic E-state index is 4.33. The van der Waals surface area contributed by atoms with E-state index >= 15 is 0 Å². The van der Waals surface area contributed by atoms with Gasteiger partial charge in [-0.15, -0.1) is 0 Å². The second-order valence-corrected chi connectivity index (χ2v) is 4.35. The lowest BCUT2D eigenvalue weighted by Gasteiger charge is -2.02. The Balaban J connectivity index is 2.22. The van der Waals surface area contributed by atoms with Crippen molar-refractivity contribution < 1.29 is 0 Å². The number of benzene rings is 1. The van der Waals surface area contributed by atoms with Gasteiger partial charge >= 0.3 is 0 Å². The standard InChI is InChI=1S/C12H8BrN3/c13-9-3-5-10(6-4-9)16-8-15-11-2-1-7-14-12(11)16/h1-8H. The van der Waals surface area contributed by atoms with Crippen molar-refractivity contribution in [2.75, 3.05) is 0 Å². The molecule has 0 saturated carbocycles. The predicted molar refractivity (Wildman–Crippen MR) is 66.6 cm³/mol. The van der Waals surface area contributed by atoms with Gasteiger partial charge in [-0.2, -0.15) is 0 Å². The fraction of sp³-hybridized carbons (Fsp3) is 0. The first-order valence-corrected chi connectivity index (χ1v) is 5.68. The zero-order chi connectivity index (χ0) is 11.0. The SMILES string of the molecule is Brc1ccc(-n2cnc3cccnc32)cc1. The summed E-state index contributed by atoms with van der Waals surface area (Å²) in [5.41, 5.74) is 2.85. The predicted octanol–water partition coefficient (Wildman–Crippen LogP) is 3.18. The topological polar surface area (TPSA) is 30.7 Å². The molecule has 1 aromatic carbocycles. The zero-order valence-corrected chi connectivity index (χ0v) is 9.92. The molecule has 0 unspecified atom stereocenters. The van der Waals surface area contributed by atoms with Crippen molar-refractivity contribution in [1.82, 2.24) is 14.5 Å². The minimum atomic E-state index is 0.879. The molecule has 3 nitrogen and oxygen atoms in total. The lowest BCUT2D eigenvalue weighted by atomic mass is 10.3. The van der Waals surface area contributed by atoms with Gasteiger partial charge in [-0.1, -0.05) is 15.9 Å². The number of nitrogens with zero attached hydrogens (tertiary/aromatic N) is 3. The summed E-state index contributed by atoms with van der Waals surface area (Å²) in [5, 5.41) is 0. The molecule has 3 aromatic rings. The molecule has 0 radical (unpaired) electrons. The molecule has 0 bridgehead atoms. The van der Waals surface area contributed by atoms with Gasteiger partial charge in [0.25, 0.3) is 0 Å². The third-order valence-electron chi connectivity index (χ3n) is 2.41. The van der Waals surface area contributed by atoms with Crippen molar-refractivity contribution >= 4 is 27.1 Å². The fourth-order valence-corrected chi connectivity index (χ4v) is 1.90. The Morgan fingerprint density at radius 2 is 1.81 bits per heavy atom. The van der Waals surface area contributed by atoms with Gasteiger partial charge in [-0.25, -0.2) is 9.97 Å². The number of pyridine rings is 1. The minimum absolute atomic E-state index is 0.879. The smallest absolute Gasteiger partial charge is 0.164 e. The quantitative estimate of drug-likeness (QED) is 0.682. The monoisotopic (exact) mass is 273 g/mol. The Kier molecular flexibility index (Phi) is 2.22. The molecule has 0 aliphatic rings. The fourth-order valence-electron chi connectivity index (χ4n) is 1.64. The lowest BCUT2D eigenvalue weighted by Crippen LogP contribution is -1.92. The summed E-state index contributed by atoms with van der Waals surface area (Å²) in [6.07, 6.45) is 3.57. The number of hydrogen-bond donors (Lipinski definition) is 0. The van der Waals surface area contributed by atoms with Gasteiger partial charge in [-0.05, 0) is 36.4 Å². The molecule has 3 rings (SSSR count). The van der Waals surface area contributed by atoms with Crippen LogP contribution >= 0.6 is 15.9 Å². The molecule has 2 heterocycles. The second kappa shape index (κ2) is 3.72. The highest BCUT2D eigenvalue weighted by atomic mass is 79.9. The van der Waals surface area contributed by atoms with E-state index in [2.05, 4.69) is 25.9 Å². The van der Waals surface area contributed by atoms with Crippen LogP contribution in [0.15, 0.2) is 53.4 Å². The maximum absolute atomic E-state index is 4.33. The number of imidazole rings is 1. The molecular formula is C12H8BrN3. The van der Waals surface area contributed by atoms with E-state index in [1.54, 1.807) is 12.5 Å². The highest BCUT2D eigenvalue weighted by Gasteiger charge is 2.04. The Morgan fingerprint density at radius 1 is 1.00 bits per heavy atom. The highest BCUT2D eigenvalue weighted by Crippen LogP contribution is 2.18. The first kappa shape index (κ1) is 9.54. The van der Waals surface area contributed by atoms with Crippen LogP contribution in [0, 0.1) is 0 Å². The Labute approximate surface area is 101 Å². The molecule has 2 aromatic heterocycles. The molecule has 0 spiro atoms. The van der Waals surface area contributed by atoms with Gasteiger partial charge in [0.2, 0.25) is 0 Å². The third-order valence-corrected chi connectivity index (χ3v) is 2.94. The van der Waals surface area contributed by atoms with E-state index in [-0.39, 0.29) is 0 Å². The largest absolute Gasteiger partial charge is 0.283 e. The van der Waals surface area contributed by atoms with E-state index in [1.807, 2.05) is 41.0 Å². The molecule has 0 amide bonds. The average molecular weight is 274 g/mol. The molecule has 0 aliphatic heterocycles. The van der Waals surface area contributed by atoms with Crippen LogP contribution in [0.5, 0.6) is 0 Å². The van der Waals surface area contributed by atoms with Gasteiger partial charge in [-0.3, -0.25) is 4.57 Å². The molecule has 0 fully saturated rings. The molecule has 0 atom stereocenters. The van der Waals surface area contributed by atoms with E-state index in [0.29, 0.717) is 0 Å². The van der Waals surface area contributed by atoms with Crippen LogP contribution in [0.25, 0.3) is 16.9 Å². The van der Waals surface area contributed by atoms with Crippen LogP contribution in [-0.2, 0) is 0 Å². The molecule has 0 aliphatic carbocycles. The summed E-state index contributed by atoms with van der Waals surface area (Å²) >= 11 is 3.42. The van der Waals surface area contributed by atoms with Gasteiger partial charge in [0, 0.05) is 16.4 Å². The van der Waals surface area contributed by atoms with E-state index < -0.39 is 0 Å². The first-order chi connectivity index (χ1) is 7.84. The first-order valence-electron chi connectivity index (χ1n) is 4.88. The van der Waals surface area contributed by atoms with E-state index in [0.717, 1.165) is 21.3 Å². The number of hydrogen-bond acceptors (Lipinski definition) is 2. The van der Waals surface area contributed by atoms with Crippen molar-refractivity contribution in [3.05, 3.63) is 53.4 Å². The van der Waals surface area contributed by atoms with Gasteiger partial charge < -0.3 is 0 Å². The number of aromatic nitrogens is 3. The van der Waals surface area contributed by atoms with Crippen LogP contribution in [-0.4, -0.2) is 14.5 Å². The second-order valence-electron chi connectivity index (χ2n) is 3.44. The Bertz CT molecular complexity index is 628. The van der Waals surface area contributed by atoms with Crippen molar-refractivity contribution in [2.24, 2.45) is 0 Å². The third kappa shape index (κ3) is 1.51. The molecule has 78 valence electrons. The molecule has 16 heavy (non-hydrogen) atoms. The Morgan fingerprint density at radius 3 is 2.62 bits per heavy atom. The molecule has 0 N–H and O–H groups in total. The van der Waals surface area contributed by atoms with Crippen molar-refractivity contribution in [2.45, 2.75) is 0 Å². The molecule has 4 heteroatoms. The van der Waals surface area contributed by atoms with E-state index in [1.165, 1.54) is 0 Å². The number of halogens is 1. The average Bonchev–Trinajstić information content (AvgIpc) is 2.74. The summed E-state index contributed by atoms with van der Waals surface area (Å²) in [5.74, 6) is 0.